The van der Waals surface area contributed by atoms with Crippen molar-refractivity contribution in [3.8, 4) is 0 Å². The summed E-state index contributed by atoms with van der Waals surface area (Å²) < 4.78 is 13.6. The fraction of sp³-hybridized carbons (Fsp3) is 0.931. The molecule has 0 unspecified atom stereocenters. The van der Waals surface area contributed by atoms with Gasteiger partial charge in [-0.05, 0) is 35.9 Å². The molecule has 0 radical (unpaired) electrons. The zero-order valence-electron chi connectivity index (χ0n) is 23.3. The van der Waals surface area contributed by atoms with Gasteiger partial charge in [0.25, 0.3) is 0 Å². The second kappa shape index (κ2) is 16.5. The zero-order valence-corrected chi connectivity index (χ0v) is 24.3. The van der Waals surface area contributed by atoms with Crippen molar-refractivity contribution in [3.05, 3.63) is 12.7 Å². The van der Waals surface area contributed by atoms with Crippen molar-refractivity contribution < 1.29 is 14.3 Å². The van der Waals surface area contributed by atoms with Crippen molar-refractivity contribution >= 4 is 8.32 Å². The molecule has 4 atom stereocenters. The third-order valence-corrected chi connectivity index (χ3v) is 14.2. The van der Waals surface area contributed by atoms with Crippen LogP contribution in [-0.4, -0.2) is 37.8 Å². The van der Waals surface area contributed by atoms with Crippen LogP contribution in [0.1, 0.15) is 132 Å². The van der Waals surface area contributed by atoms with Crippen LogP contribution in [-0.2, 0) is 9.16 Å². The Labute approximate surface area is 208 Å². The number of hydrogen-bond acceptors (Lipinski definition) is 3. The van der Waals surface area contributed by atoms with Crippen LogP contribution in [0, 0.1) is 0 Å². The van der Waals surface area contributed by atoms with Crippen molar-refractivity contribution in [2.24, 2.45) is 0 Å². The van der Waals surface area contributed by atoms with Crippen LogP contribution in [0.25, 0.3) is 0 Å². The predicted octanol–water partition coefficient (Wildman–Crippen LogP) is 8.95. The van der Waals surface area contributed by atoms with E-state index in [2.05, 4.69) is 55.0 Å². The fourth-order valence-electron chi connectivity index (χ4n) is 6.19. The van der Waals surface area contributed by atoms with Crippen molar-refractivity contribution in [3.63, 3.8) is 0 Å². The van der Waals surface area contributed by atoms with Crippen LogP contribution in [0.5, 0.6) is 0 Å². The third-order valence-electron chi connectivity index (χ3n) is 8.03. The van der Waals surface area contributed by atoms with E-state index in [9.17, 15) is 5.11 Å². The second-order valence-electron chi connectivity index (χ2n) is 11.5. The summed E-state index contributed by atoms with van der Waals surface area (Å²) in [4.78, 5) is 0. The Morgan fingerprint density at radius 1 is 0.818 bits per heavy atom. The van der Waals surface area contributed by atoms with E-state index in [0.29, 0.717) is 16.6 Å². The minimum Gasteiger partial charge on any atom is -0.411 e. The van der Waals surface area contributed by atoms with Gasteiger partial charge in [-0.2, -0.15) is 0 Å². The summed E-state index contributed by atoms with van der Waals surface area (Å²) in [6.07, 6.45) is 17.7. The van der Waals surface area contributed by atoms with Crippen molar-refractivity contribution in [1.82, 2.24) is 0 Å². The minimum absolute atomic E-state index is 0.103. The summed E-state index contributed by atoms with van der Waals surface area (Å²) in [5, 5.41) is 10.2. The second-order valence-corrected chi connectivity index (χ2v) is 16.9. The van der Waals surface area contributed by atoms with E-state index >= 15 is 0 Å². The number of hydrogen-bond donors (Lipinski definition) is 1. The predicted molar refractivity (Wildman–Crippen MR) is 146 cm³/mol. The first kappa shape index (κ1) is 30.9. The summed E-state index contributed by atoms with van der Waals surface area (Å²) in [6.45, 7) is 20.2. The van der Waals surface area contributed by atoms with Gasteiger partial charge in [0.15, 0.2) is 0 Å². The highest BCUT2D eigenvalue weighted by Gasteiger charge is 2.48. The van der Waals surface area contributed by atoms with Gasteiger partial charge in [0, 0.05) is 0 Å². The first-order chi connectivity index (χ1) is 15.7. The molecule has 0 bridgehead atoms. The minimum atomic E-state index is -1.98. The molecule has 1 heterocycles. The summed E-state index contributed by atoms with van der Waals surface area (Å²) in [6, 6.07) is 0. The molecule has 0 amide bonds. The normalized spacial score (nSPS) is 21.3. The van der Waals surface area contributed by atoms with E-state index in [1.807, 2.05) is 0 Å². The van der Waals surface area contributed by atoms with Gasteiger partial charge in [-0.15, -0.1) is 6.58 Å². The number of aliphatic hydroxyl groups excluding tert-OH is 1. The topological polar surface area (TPSA) is 38.7 Å². The number of unbranched alkanes of at least 4 members (excludes halogenated alkanes) is 9. The maximum Gasteiger partial charge on any atom is 0.200 e. The first-order valence-corrected chi connectivity index (χ1v) is 16.5. The van der Waals surface area contributed by atoms with Gasteiger partial charge in [0.05, 0.1) is 24.4 Å². The highest BCUT2D eigenvalue weighted by atomic mass is 28.4. The van der Waals surface area contributed by atoms with Crippen LogP contribution in [0.15, 0.2) is 12.7 Å². The molecule has 1 fully saturated rings. The average Bonchev–Trinajstić information content (AvgIpc) is 3.26. The monoisotopic (exact) mass is 482 g/mol. The molecule has 33 heavy (non-hydrogen) atoms. The van der Waals surface area contributed by atoms with Gasteiger partial charge >= 0.3 is 0 Å². The molecule has 1 aliphatic rings. The van der Waals surface area contributed by atoms with Crippen LogP contribution < -0.4 is 0 Å². The van der Waals surface area contributed by atoms with Gasteiger partial charge in [-0.25, -0.2) is 0 Å². The van der Waals surface area contributed by atoms with E-state index in [1.165, 1.54) is 64.2 Å². The molecule has 0 aliphatic carbocycles. The highest BCUT2D eigenvalue weighted by molar-refractivity contribution is 6.77. The molecular formula is C29H58O3Si. The Balaban J connectivity index is 2.69. The van der Waals surface area contributed by atoms with E-state index in [4.69, 9.17) is 9.16 Å². The van der Waals surface area contributed by atoms with Gasteiger partial charge in [0.1, 0.15) is 0 Å². The van der Waals surface area contributed by atoms with Gasteiger partial charge in [-0.1, -0.05) is 119 Å². The third kappa shape index (κ3) is 9.78. The summed E-state index contributed by atoms with van der Waals surface area (Å²) in [5.41, 5.74) is 1.72. The standard InChI is InChI=1S/C29H58O3Si/c1-9-11-12-13-14-15-16-17-18-19-20-29(28-22-21-27(31-28)26(30)10-2)32-33(23(3)4,24(5)6)25(7)8/h10,23-30H,2,9,11-22H2,1,3-8H3/t26-,27-,28-,29-/m1/s1. The molecule has 0 aromatic carbocycles. The Morgan fingerprint density at radius 2 is 1.27 bits per heavy atom. The molecule has 3 nitrogen and oxygen atoms in total. The molecule has 4 heteroatoms. The van der Waals surface area contributed by atoms with Crippen LogP contribution in [0.4, 0.5) is 0 Å². The SMILES string of the molecule is C=C[C@@H](O)[C@H]1CC[C@H]([C@@H](CCCCCCCCCCCC)O[Si](C(C)C)(C(C)C)C(C)C)O1. The average molecular weight is 483 g/mol. The van der Waals surface area contributed by atoms with Gasteiger partial charge in [0.2, 0.25) is 8.32 Å². The van der Waals surface area contributed by atoms with Crippen LogP contribution in [0.2, 0.25) is 16.6 Å². The molecule has 1 aliphatic heterocycles. The van der Waals surface area contributed by atoms with Crippen molar-refractivity contribution in [1.29, 1.82) is 0 Å². The quantitative estimate of drug-likeness (QED) is 0.113. The van der Waals surface area contributed by atoms with Gasteiger partial charge < -0.3 is 14.3 Å². The Hall–Kier alpha value is -0.163. The lowest BCUT2D eigenvalue weighted by atomic mass is 10.0. The first-order valence-electron chi connectivity index (χ1n) is 14.3. The summed E-state index contributed by atoms with van der Waals surface area (Å²) in [5.74, 6) is 0. The summed E-state index contributed by atoms with van der Waals surface area (Å²) in [7, 11) is -1.98. The Kier molecular flexibility index (Phi) is 15.4. The molecule has 1 saturated heterocycles. The highest BCUT2D eigenvalue weighted by Crippen LogP contribution is 2.44. The number of rotatable bonds is 19. The maximum atomic E-state index is 10.2. The molecule has 1 rings (SSSR count). The molecule has 0 saturated carbocycles. The lowest BCUT2D eigenvalue weighted by molar-refractivity contribution is -0.0628. The molecule has 0 aromatic rings. The number of aliphatic hydroxyl groups is 1. The maximum absolute atomic E-state index is 10.2. The van der Waals surface area contributed by atoms with Crippen LogP contribution >= 0.6 is 0 Å². The van der Waals surface area contributed by atoms with E-state index in [0.717, 1.165) is 19.3 Å². The summed E-state index contributed by atoms with van der Waals surface area (Å²) >= 11 is 0. The van der Waals surface area contributed by atoms with Crippen molar-refractivity contribution in [2.75, 3.05) is 0 Å². The van der Waals surface area contributed by atoms with Crippen LogP contribution in [0.3, 0.4) is 0 Å². The number of ether oxygens (including phenoxy) is 1. The molecule has 1 N–H and O–H groups in total. The smallest absolute Gasteiger partial charge is 0.200 e. The van der Waals surface area contributed by atoms with E-state index in [1.54, 1.807) is 6.08 Å². The van der Waals surface area contributed by atoms with Gasteiger partial charge in [-0.3, -0.25) is 0 Å². The largest absolute Gasteiger partial charge is 0.411 e. The Morgan fingerprint density at radius 3 is 1.73 bits per heavy atom. The lowest BCUT2D eigenvalue weighted by Gasteiger charge is -2.45. The Bertz CT molecular complexity index is 483. The molecule has 0 spiro atoms. The van der Waals surface area contributed by atoms with Crippen molar-refractivity contribution in [2.45, 2.75) is 173 Å². The fourth-order valence-corrected chi connectivity index (χ4v) is 11.8. The molecular weight excluding hydrogens is 424 g/mol. The van der Waals surface area contributed by atoms with E-state index in [-0.39, 0.29) is 18.3 Å². The lowest BCUT2D eigenvalue weighted by Crippen LogP contribution is -2.52. The zero-order chi connectivity index (χ0) is 24.9. The molecule has 196 valence electrons. The van der Waals surface area contributed by atoms with E-state index < -0.39 is 14.4 Å². The molecule has 0 aromatic heterocycles.